The van der Waals surface area contributed by atoms with Crippen molar-refractivity contribution < 1.29 is 4.79 Å². The topological polar surface area (TPSA) is 71.2 Å². The Hall–Kier alpha value is -1.62. The Morgan fingerprint density at radius 3 is 2.70 bits per heavy atom. The van der Waals surface area contributed by atoms with Crippen LogP contribution in [0.2, 0.25) is 0 Å². The molecule has 1 saturated heterocycles. The van der Waals surface area contributed by atoms with Gasteiger partial charge in [-0.15, -0.1) is 0 Å². The summed E-state index contributed by atoms with van der Waals surface area (Å²) in [5.41, 5.74) is 4.14. The fraction of sp³-hybridized carbons (Fsp3) is 0.600. The van der Waals surface area contributed by atoms with Crippen molar-refractivity contribution in [2.75, 3.05) is 18.5 Å². The summed E-state index contributed by atoms with van der Waals surface area (Å²) in [6, 6.07) is 3.63. The predicted molar refractivity (Wildman–Crippen MR) is 78.2 cm³/mol. The number of anilines is 1. The predicted octanol–water partition coefficient (Wildman–Crippen LogP) is 1.80. The second-order valence-electron chi connectivity index (χ2n) is 5.89. The van der Waals surface area contributed by atoms with Crippen molar-refractivity contribution in [1.29, 1.82) is 0 Å². The molecule has 2 atom stereocenters. The summed E-state index contributed by atoms with van der Waals surface area (Å²) in [5.74, 6) is 7.56. The molecule has 0 aromatic carbocycles. The number of aromatic nitrogens is 1. The average molecular weight is 274 g/mol. The lowest BCUT2D eigenvalue weighted by molar-refractivity contribution is 0.0780. The first-order valence-corrected chi connectivity index (χ1v) is 7.48. The number of carbonyl (C=O) groups excluding carboxylic acids is 1. The molecule has 0 bridgehead atoms. The monoisotopic (exact) mass is 274 g/mol. The van der Waals surface area contributed by atoms with Gasteiger partial charge in [0, 0.05) is 24.3 Å². The zero-order valence-electron chi connectivity index (χ0n) is 11.9. The molecule has 2 fully saturated rings. The second kappa shape index (κ2) is 5.40. The molecule has 1 amide bonds. The number of nitrogens with one attached hydrogen (secondary N) is 1. The average Bonchev–Trinajstić information content (AvgIpc) is 3.07. The van der Waals surface area contributed by atoms with Crippen molar-refractivity contribution in [2.45, 2.75) is 32.6 Å². The summed E-state index contributed by atoms with van der Waals surface area (Å²) in [4.78, 5) is 19.0. The van der Waals surface area contributed by atoms with E-state index in [9.17, 15) is 4.79 Å². The molecule has 2 unspecified atom stereocenters. The van der Waals surface area contributed by atoms with Crippen LogP contribution in [0.4, 0.5) is 5.82 Å². The molecule has 5 heteroatoms. The highest BCUT2D eigenvalue weighted by atomic mass is 16.2. The van der Waals surface area contributed by atoms with E-state index < -0.39 is 0 Å². The summed E-state index contributed by atoms with van der Waals surface area (Å²) in [6.07, 6.45) is 4.68. The van der Waals surface area contributed by atoms with Crippen LogP contribution < -0.4 is 11.3 Å². The van der Waals surface area contributed by atoms with Crippen molar-refractivity contribution in [3.05, 3.63) is 23.4 Å². The van der Waals surface area contributed by atoms with E-state index in [1.54, 1.807) is 6.07 Å². The van der Waals surface area contributed by atoms with Gasteiger partial charge in [-0.25, -0.2) is 10.8 Å². The van der Waals surface area contributed by atoms with Crippen LogP contribution in [0.25, 0.3) is 0 Å². The number of nitrogens with zero attached hydrogens (tertiary/aromatic N) is 2. The number of hydrogen-bond acceptors (Lipinski definition) is 4. The van der Waals surface area contributed by atoms with E-state index in [0.29, 0.717) is 11.4 Å². The van der Waals surface area contributed by atoms with Crippen LogP contribution >= 0.6 is 0 Å². The molecule has 0 spiro atoms. The van der Waals surface area contributed by atoms with Gasteiger partial charge in [0.2, 0.25) is 0 Å². The third kappa shape index (κ3) is 2.38. The highest BCUT2D eigenvalue weighted by molar-refractivity contribution is 5.95. The zero-order chi connectivity index (χ0) is 14.1. The third-order valence-electron chi connectivity index (χ3n) is 4.65. The van der Waals surface area contributed by atoms with Crippen molar-refractivity contribution >= 4 is 11.7 Å². The first-order chi connectivity index (χ1) is 9.71. The summed E-state index contributed by atoms with van der Waals surface area (Å²) >= 11 is 0. The molecule has 3 rings (SSSR count). The SMILES string of the molecule is CCc1cc(C(=O)N2CC3CCCC3C2)cc(NN)n1. The van der Waals surface area contributed by atoms with E-state index in [-0.39, 0.29) is 5.91 Å². The minimum Gasteiger partial charge on any atom is -0.338 e. The molecule has 1 aliphatic carbocycles. The number of nitrogens with two attached hydrogens (primary N) is 1. The quantitative estimate of drug-likeness (QED) is 0.651. The van der Waals surface area contributed by atoms with Crippen LogP contribution in [0.15, 0.2) is 12.1 Å². The summed E-state index contributed by atoms with van der Waals surface area (Å²) in [5, 5.41) is 0. The molecule has 0 radical (unpaired) electrons. The number of hydrazine groups is 1. The van der Waals surface area contributed by atoms with Crippen LogP contribution in [-0.2, 0) is 6.42 Å². The molecule has 3 N–H and O–H groups in total. The molecular weight excluding hydrogens is 252 g/mol. The van der Waals surface area contributed by atoms with Crippen LogP contribution in [0, 0.1) is 11.8 Å². The number of nitrogen functional groups attached to an aromatic ring is 1. The summed E-state index contributed by atoms with van der Waals surface area (Å²) < 4.78 is 0. The van der Waals surface area contributed by atoms with Gasteiger partial charge in [-0.1, -0.05) is 13.3 Å². The lowest BCUT2D eigenvalue weighted by Crippen LogP contribution is -2.29. The first-order valence-electron chi connectivity index (χ1n) is 7.48. The fourth-order valence-corrected chi connectivity index (χ4v) is 3.55. The number of hydrogen-bond donors (Lipinski definition) is 2. The molecule has 108 valence electrons. The number of pyridine rings is 1. The van der Waals surface area contributed by atoms with Crippen LogP contribution in [0.1, 0.15) is 42.2 Å². The lowest BCUT2D eigenvalue weighted by atomic mass is 10.0. The van der Waals surface area contributed by atoms with Gasteiger partial charge < -0.3 is 10.3 Å². The molecule has 20 heavy (non-hydrogen) atoms. The highest BCUT2D eigenvalue weighted by Crippen LogP contribution is 2.38. The Morgan fingerprint density at radius 2 is 2.10 bits per heavy atom. The van der Waals surface area contributed by atoms with Gasteiger partial charge in [0.05, 0.1) is 0 Å². The van der Waals surface area contributed by atoms with Crippen LogP contribution in [-0.4, -0.2) is 28.9 Å². The Morgan fingerprint density at radius 1 is 1.40 bits per heavy atom. The van der Waals surface area contributed by atoms with E-state index >= 15 is 0 Å². The van der Waals surface area contributed by atoms with Gasteiger partial charge in [-0.05, 0) is 43.2 Å². The molecule has 2 aliphatic rings. The minimum atomic E-state index is 0.119. The van der Waals surface area contributed by atoms with Crippen molar-refractivity contribution in [3.8, 4) is 0 Å². The molecule has 1 aromatic heterocycles. The molecule has 1 aliphatic heterocycles. The van der Waals surface area contributed by atoms with Crippen molar-refractivity contribution in [3.63, 3.8) is 0 Å². The van der Waals surface area contributed by atoms with Gasteiger partial charge in [-0.2, -0.15) is 0 Å². The van der Waals surface area contributed by atoms with Gasteiger partial charge >= 0.3 is 0 Å². The van der Waals surface area contributed by atoms with Gasteiger partial charge in [0.15, 0.2) is 0 Å². The second-order valence-corrected chi connectivity index (χ2v) is 5.89. The van der Waals surface area contributed by atoms with Crippen molar-refractivity contribution in [1.82, 2.24) is 9.88 Å². The zero-order valence-corrected chi connectivity index (χ0v) is 11.9. The molecular formula is C15H22N4O. The Labute approximate surface area is 119 Å². The summed E-state index contributed by atoms with van der Waals surface area (Å²) in [6.45, 7) is 3.86. The standard InChI is InChI=1S/C15H22N4O/c1-2-13-6-12(7-14(17-13)18-16)15(20)19-8-10-4-3-5-11(10)9-19/h6-7,10-11H,2-5,8-9,16H2,1H3,(H,17,18). The molecule has 2 heterocycles. The largest absolute Gasteiger partial charge is 0.338 e. The molecule has 1 aromatic rings. The first kappa shape index (κ1) is 13.4. The maximum atomic E-state index is 12.6. The van der Waals surface area contributed by atoms with E-state index in [4.69, 9.17) is 5.84 Å². The van der Waals surface area contributed by atoms with E-state index in [0.717, 1.165) is 37.0 Å². The van der Waals surface area contributed by atoms with E-state index in [1.165, 1.54) is 19.3 Å². The number of rotatable bonds is 3. The van der Waals surface area contributed by atoms with Crippen molar-refractivity contribution in [2.24, 2.45) is 17.7 Å². The smallest absolute Gasteiger partial charge is 0.254 e. The number of aryl methyl sites for hydroxylation is 1. The normalized spacial score (nSPS) is 24.8. The Balaban J connectivity index is 1.80. The Kier molecular flexibility index (Phi) is 3.61. The van der Waals surface area contributed by atoms with Gasteiger partial charge in [-0.3, -0.25) is 4.79 Å². The van der Waals surface area contributed by atoms with E-state index in [1.807, 2.05) is 17.9 Å². The minimum absolute atomic E-state index is 0.119. The fourth-order valence-electron chi connectivity index (χ4n) is 3.55. The number of likely N-dealkylation sites (tertiary alicyclic amines) is 1. The van der Waals surface area contributed by atoms with Crippen LogP contribution in [0.3, 0.4) is 0 Å². The van der Waals surface area contributed by atoms with E-state index in [2.05, 4.69) is 10.4 Å². The molecule has 5 nitrogen and oxygen atoms in total. The number of fused-ring (bicyclic) bond motifs is 1. The van der Waals surface area contributed by atoms with Gasteiger partial charge in [0.1, 0.15) is 5.82 Å². The maximum absolute atomic E-state index is 12.6. The third-order valence-corrected chi connectivity index (χ3v) is 4.65. The number of carbonyl (C=O) groups is 1. The summed E-state index contributed by atoms with van der Waals surface area (Å²) in [7, 11) is 0. The number of amides is 1. The maximum Gasteiger partial charge on any atom is 0.254 e. The van der Waals surface area contributed by atoms with Crippen LogP contribution in [0.5, 0.6) is 0 Å². The van der Waals surface area contributed by atoms with Gasteiger partial charge in [0.25, 0.3) is 5.91 Å². The Bertz CT molecular complexity index is 482. The lowest BCUT2D eigenvalue weighted by Gasteiger charge is -2.18. The molecule has 1 saturated carbocycles. The highest BCUT2D eigenvalue weighted by Gasteiger charge is 2.38.